The third-order valence-electron chi connectivity index (χ3n) is 5.23. The molecule has 5 atom stereocenters. The van der Waals surface area contributed by atoms with Gasteiger partial charge in [-0.05, 0) is 19.4 Å². The normalized spacial score (nSPS) is 38.7. The first-order valence-electron chi connectivity index (χ1n) is 8.79. The van der Waals surface area contributed by atoms with E-state index in [-0.39, 0.29) is 18.8 Å². The van der Waals surface area contributed by atoms with Crippen molar-refractivity contribution in [1.82, 2.24) is 5.32 Å². The zero-order valence-corrected chi connectivity index (χ0v) is 16.0. The van der Waals surface area contributed by atoms with Gasteiger partial charge in [0, 0.05) is 12.8 Å². The van der Waals surface area contributed by atoms with E-state index in [9.17, 15) is 8.42 Å². The van der Waals surface area contributed by atoms with Crippen molar-refractivity contribution in [3.63, 3.8) is 0 Å². The maximum atomic E-state index is 12.3. The summed E-state index contributed by atoms with van der Waals surface area (Å²) in [6.07, 6.45) is 0.000763. The molecule has 144 valence electrons. The monoisotopic (exact) mass is 383 g/mol. The fourth-order valence-electron chi connectivity index (χ4n) is 4.12. The number of hydrogen-bond donors (Lipinski definition) is 1. The lowest BCUT2D eigenvalue weighted by molar-refractivity contribution is -0.252. The molecule has 1 aromatic carbocycles. The van der Waals surface area contributed by atoms with Gasteiger partial charge >= 0.3 is 0 Å². The van der Waals surface area contributed by atoms with Crippen LogP contribution in [0, 0.1) is 0 Å². The minimum absolute atomic E-state index is 0.280. The predicted octanol–water partition coefficient (Wildman–Crippen LogP) is 0.835. The van der Waals surface area contributed by atoms with Crippen molar-refractivity contribution in [3.05, 3.63) is 35.9 Å². The van der Waals surface area contributed by atoms with Gasteiger partial charge in [0.05, 0.1) is 13.2 Å². The molecule has 8 heteroatoms. The Kier molecular flexibility index (Phi) is 4.41. The van der Waals surface area contributed by atoms with Crippen LogP contribution in [0.25, 0.3) is 0 Å². The molecule has 0 aliphatic carbocycles. The molecule has 1 spiro atoms. The average Bonchev–Trinajstić information content (AvgIpc) is 2.84. The van der Waals surface area contributed by atoms with Gasteiger partial charge in [0.1, 0.15) is 29.3 Å². The van der Waals surface area contributed by atoms with Gasteiger partial charge in [-0.2, -0.15) is 0 Å². The Labute approximate surface area is 153 Å². The first-order chi connectivity index (χ1) is 12.2. The summed E-state index contributed by atoms with van der Waals surface area (Å²) < 4.78 is 48.8. The molecule has 0 aromatic heterocycles. The van der Waals surface area contributed by atoms with Crippen molar-refractivity contribution in [3.8, 4) is 0 Å². The number of nitrogens with one attached hydrogen (secondary N) is 1. The van der Waals surface area contributed by atoms with Gasteiger partial charge in [-0.3, -0.25) is 5.32 Å². The third-order valence-corrected chi connectivity index (χ3v) is 6.65. The van der Waals surface area contributed by atoms with Crippen molar-refractivity contribution in [2.75, 3.05) is 19.4 Å². The van der Waals surface area contributed by atoms with E-state index >= 15 is 0 Å². The summed E-state index contributed by atoms with van der Waals surface area (Å²) in [5.41, 5.74) is 0.0407. The van der Waals surface area contributed by atoms with E-state index in [2.05, 4.69) is 5.32 Å². The van der Waals surface area contributed by atoms with Crippen LogP contribution >= 0.6 is 0 Å². The number of ether oxygens (including phenoxy) is 4. The second-order valence-corrected chi connectivity index (χ2v) is 9.84. The first kappa shape index (κ1) is 18.3. The topological polar surface area (TPSA) is 83.1 Å². The Morgan fingerprint density at radius 2 is 1.96 bits per heavy atom. The molecular weight excluding hydrogens is 358 g/mol. The van der Waals surface area contributed by atoms with E-state index in [0.29, 0.717) is 13.2 Å². The van der Waals surface area contributed by atoms with E-state index in [4.69, 9.17) is 18.9 Å². The van der Waals surface area contributed by atoms with Crippen LogP contribution in [-0.2, 0) is 35.4 Å². The average molecular weight is 383 g/mol. The fourth-order valence-corrected chi connectivity index (χ4v) is 5.52. The van der Waals surface area contributed by atoms with E-state index in [0.717, 1.165) is 5.56 Å². The van der Waals surface area contributed by atoms with E-state index in [1.165, 1.54) is 6.26 Å². The van der Waals surface area contributed by atoms with Gasteiger partial charge in [0.2, 0.25) is 0 Å². The summed E-state index contributed by atoms with van der Waals surface area (Å²) in [5.74, 6) is -0.754. The van der Waals surface area contributed by atoms with Gasteiger partial charge in [-0.1, -0.05) is 30.3 Å². The molecule has 0 radical (unpaired) electrons. The molecule has 0 saturated carbocycles. The van der Waals surface area contributed by atoms with Gasteiger partial charge in [-0.25, -0.2) is 8.42 Å². The summed E-state index contributed by atoms with van der Waals surface area (Å²) in [7, 11) is -3.36. The second kappa shape index (κ2) is 6.25. The van der Waals surface area contributed by atoms with Crippen LogP contribution in [-0.4, -0.2) is 62.9 Å². The number of hydrogen-bond acceptors (Lipinski definition) is 7. The summed E-state index contributed by atoms with van der Waals surface area (Å²) in [4.78, 5) is 0. The van der Waals surface area contributed by atoms with Crippen LogP contribution in [0.1, 0.15) is 19.4 Å². The molecular formula is C18H25NO6S. The quantitative estimate of drug-likeness (QED) is 0.825. The van der Waals surface area contributed by atoms with Crippen LogP contribution in [0.3, 0.4) is 0 Å². The molecule has 0 bridgehead atoms. The number of fused-ring (bicyclic) bond motifs is 1. The highest BCUT2D eigenvalue weighted by Gasteiger charge is 2.66. The molecule has 4 rings (SSSR count). The minimum Gasteiger partial charge on any atom is -0.368 e. The molecule has 3 aliphatic rings. The smallest absolute Gasteiger partial charge is 0.166 e. The Morgan fingerprint density at radius 3 is 2.58 bits per heavy atom. The van der Waals surface area contributed by atoms with Gasteiger partial charge < -0.3 is 18.9 Å². The highest BCUT2D eigenvalue weighted by Crippen LogP contribution is 2.44. The van der Waals surface area contributed by atoms with Crippen molar-refractivity contribution >= 4 is 9.84 Å². The van der Waals surface area contributed by atoms with Crippen molar-refractivity contribution in [1.29, 1.82) is 0 Å². The molecule has 3 aliphatic heterocycles. The van der Waals surface area contributed by atoms with E-state index in [1.807, 2.05) is 44.2 Å². The van der Waals surface area contributed by atoms with Crippen molar-refractivity contribution in [2.45, 2.75) is 55.5 Å². The van der Waals surface area contributed by atoms with Gasteiger partial charge in [0.15, 0.2) is 15.6 Å². The minimum atomic E-state index is -3.36. The largest absolute Gasteiger partial charge is 0.368 e. The van der Waals surface area contributed by atoms with Crippen molar-refractivity contribution in [2.24, 2.45) is 0 Å². The van der Waals surface area contributed by atoms with Crippen LogP contribution in [0.5, 0.6) is 0 Å². The third kappa shape index (κ3) is 3.08. The number of benzene rings is 1. The summed E-state index contributed by atoms with van der Waals surface area (Å²) in [6, 6.07) is 9.76. The molecule has 2 unspecified atom stereocenters. The maximum Gasteiger partial charge on any atom is 0.166 e. The Morgan fingerprint density at radius 1 is 1.23 bits per heavy atom. The Hall–Kier alpha value is -1.03. The van der Waals surface area contributed by atoms with Crippen LogP contribution < -0.4 is 5.32 Å². The van der Waals surface area contributed by atoms with Crippen LogP contribution in [0.4, 0.5) is 0 Å². The summed E-state index contributed by atoms with van der Waals surface area (Å²) in [5, 5.41) is 2.17. The molecule has 3 saturated heterocycles. The maximum absolute atomic E-state index is 12.3. The van der Waals surface area contributed by atoms with E-state index < -0.39 is 32.7 Å². The lowest BCUT2D eigenvalue weighted by atomic mass is 9.82. The van der Waals surface area contributed by atoms with Crippen LogP contribution in [0.15, 0.2) is 30.3 Å². The summed E-state index contributed by atoms with van der Waals surface area (Å²) in [6.45, 7) is 4.73. The zero-order valence-electron chi connectivity index (χ0n) is 15.2. The highest BCUT2D eigenvalue weighted by molar-refractivity contribution is 7.91. The van der Waals surface area contributed by atoms with E-state index in [1.54, 1.807) is 0 Å². The molecule has 7 nitrogen and oxygen atoms in total. The molecule has 1 N–H and O–H groups in total. The van der Waals surface area contributed by atoms with Crippen molar-refractivity contribution < 1.29 is 27.4 Å². The number of sulfone groups is 1. The lowest BCUT2D eigenvalue weighted by Gasteiger charge is -2.56. The summed E-state index contributed by atoms with van der Waals surface area (Å²) >= 11 is 0. The van der Waals surface area contributed by atoms with Gasteiger partial charge in [-0.15, -0.1) is 0 Å². The lowest BCUT2D eigenvalue weighted by Crippen LogP contribution is -2.81. The molecule has 3 fully saturated rings. The Balaban J connectivity index is 1.63. The molecule has 1 aromatic rings. The molecule has 0 amide bonds. The molecule has 26 heavy (non-hydrogen) atoms. The second-order valence-electron chi connectivity index (χ2n) is 7.71. The van der Waals surface area contributed by atoms with Crippen LogP contribution in [0.2, 0.25) is 0 Å². The first-order valence-corrected chi connectivity index (χ1v) is 10.7. The predicted molar refractivity (Wildman–Crippen MR) is 94.2 cm³/mol. The standard InChI is InChI=1S/C18H25NO6S/c1-17(2)24-13-10-23-18(11-19-16(18)26(3,20)21)15(14(13)25-17)22-9-12-7-5-4-6-8-12/h4-8,13-16,19H,9-11H2,1-3H3/t13-,14-,15-,16?,18?/m1/s1. The zero-order chi connectivity index (χ0) is 18.6. The molecule has 3 heterocycles. The van der Waals surface area contributed by atoms with Gasteiger partial charge in [0.25, 0.3) is 0 Å². The Bertz CT molecular complexity index is 767. The number of rotatable bonds is 4. The fraction of sp³-hybridized carbons (Fsp3) is 0.667. The SMILES string of the molecule is CC1(C)O[C@H]2[C@@H](OCc3ccccc3)C3(CNC3S(C)(=O)=O)OC[C@H]2O1. The highest BCUT2D eigenvalue weighted by atomic mass is 32.2.